The van der Waals surface area contributed by atoms with Gasteiger partial charge in [0.25, 0.3) is 0 Å². The van der Waals surface area contributed by atoms with E-state index in [1.54, 1.807) is 7.11 Å². The molecule has 1 aromatic carbocycles. The zero-order valence-electron chi connectivity index (χ0n) is 17.9. The summed E-state index contributed by atoms with van der Waals surface area (Å²) in [5, 5.41) is 7.14. The van der Waals surface area contributed by atoms with Gasteiger partial charge in [0.15, 0.2) is 5.96 Å². The fraction of sp³-hybridized carbons (Fsp3) is 0.682. The number of halogens is 1. The second kappa shape index (κ2) is 12.7. The lowest BCUT2D eigenvalue weighted by Gasteiger charge is -2.42. The molecule has 0 spiro atoms. The van der Waals surface area contributed by atoms with Crippen molar-refractivity contribution in [2.75, 3.05) is 60.2 Å². The van der Waals surface area contributed by atoms with Crippen molar-refractivity contribution in [2.24, 2.45) is 10.4 Å². The first-order chi connectivity index (χ1) is 13.8. The first kappa shape index (κ1) is 24.4. The third-order valence-corrected chi connectivity index (χ3v) is 6.24. The maximum absolute atomic E-state index is 5.55. The molecule has 2 aliphatic rings. The molecule has 2 N–H and O–H groups in total. The van der Waals surface area contributed by atoms with E-state index in [1.165, 1.54) is 24.8 Å². The average Bonchev–Trinajstić information content (AvgIpc) is 2.73. The number of nitrogens with zero attached hydrogens (tertiary/aromatic N) is 2. The topological polar surface area (TPSA) is 58.1 Å². The van der Waals surface area contributed by atoms with Gasteiger partial charge in [0.1, 0.15) is 0 Å². The number of nitrogens with one attached hydrogen (secondary N) is 2. The second-order valence-electron chi connectivity index (χ2n) is 7.98. The highest BCUT2D eigenvalue weighted by atomic mass is 127. The molecule has 6 nitrogen and oxygen atoms in total. The standard InChI is InChI=1S/C22H36N4O2.HI/c1-23-21(25-18-22(9-6-10-22)11-14-27-2)24-17-20(19-7-4-3-5-8-19)26-12-15-28-16-13-26;/h3-5,7-8,20H,6,9-18H2,1-2H3,(H2,23,24,25);1H. The van der Waals surface area contributed by atoms with E-state index in [9.17, 15) is 0 Å². The maximum Gasteiger partial charge on any atom is 0.191 e. The van der Waals surface area contributed by atoms with Crippen LogP contribution in [0.3, 0.4) is 0 Å². The first-order valence-corrected chi connectivity index (χ1v) is 10.6. The molecule has 1 aliphatic heterocycles. The molecule has 0 aromatic heterocycles. The Morgan fingerprint density at radius 3 is 2.52 bits per heavy atom. The Labute approximate surface area is 192 Å². The van der Waals surface area contributed by atoms with Crippen LogP contribution in [0.4, 0.5) is 0 Å². The molecule has 1 unspecified atom stereocenters. The molecule has 1 heterocycles. The lowest BCUT2D eigenvalue weighted by atomic mass is 9.67. The third-order valence-electron chi connectivity index (χ3n) is 6.24. The highest BCUT2D eigenvalue weighted by Gasteiger charge is 2.36. The van der Waals surface area contributed by atoms with E-state index in [0.29, 0.717) is 11.5 Å². The zero-order chi connectivity index (χ0) is 19.7. The molecule has 3 rings (SSSR count). The number of hydrogen-bond acceptors (Lipinski definition) is 4. The molecule has 2 fully saturated rings. The quantitative estimate of drug-likeness (QED) is 0.300. The maximum atomic E-state index is 5.55. The number of benzene rings is 1. The average molecular weight is 516 g/mol. The Bertz CT molecular complexity index is 604. The summed E-state index contributed by atoms with van der Waals surface area (Å²) in [6.45, 7) is 6.16. The molecule has 1 saturated heterocycles. The smallest absolute Gasteiger partial charge is 0.191 e. The lowest BCUT2D eigenvalue weighted by Crippen LogP contribution is -2.49. The van der Waals surface area contributed by atoms with Gasteiger partial charge in [-0.1, -0.05) is 36.8 Å². The first-order valence-electron chi connectivity index (χ1n) is 10.6. The van der Waals surface area contributed by atoms with Crippen LogP contribution >= 0.6 is 24.0 Å². The van der Waals surface area contributed by atoms with Gasteiger partial charge in [-0.15, -0.1) is 24.0 Å². The Morgan fingerprint density at radius 1 is 1.21 bits per heavy atom. The Hall–Kier alpha value is -0.900. The monoisotopic (exact) mass is 516 g/mol. The number of morpholine rings is 1. The molecule has 0 bridgehead atoms. The zero-order valence-corrected chi connectivity index (χ0v) is 20.2. The van der Waals surface area contributed by atoms with Gasteiger partial charge in [-0.3, -0.25) is 9.89 Å². The van der Waals surface area contributed by atoms with Crippen LogP contribution in [0.5, 0.6) is 0 Å². The SMILES string of the molecule is CN=C(NCC(c1ccccc1)N1CCOCC1)NCC1(CCOC)CCC1.I. The summed E-state index contributed by atoms with van der Waals surface area (Å²) in [5.74, 6) is 0.887. The molecular formula is C22H37IN4O2. The van der Waals surface area contributed by atoms with Crippen molar-refractivity contribution in [2.45, 2.75) is 31.7 Å². The van der Waals surface area contributed by atoms with Crippen LogP contribution in [0, 0.1) is 5.41 Å². The van der Waals surface area contributed by atoms with Crippen LogP contribution in [-0.4, -0.2) is 71.0 Å². The molecule has 164 valence electrons. The van der Waals surface area contributed by atoms with Gasteiger partial charge >= 0.3 is 0 Å². The predicted molar refractivity (Wildman–Crippen MR) is 129 cm³/mol. The highest BCUT2D eigenvalue weighted by molar-refractivity contribution is 14.0. The van der Waals surface area contributed by atoms with Crippen molar-refractivity contribution in [3.63, 3.8) is 0 Å². The second-order valence-corrected chi connectivity index (χ2v) is 7.98. The van der Waals surface area contributed by atoms with Crippen LogP contribution in [0.2, 0.25) is 0 Å². The van der Waals surface area contributed by atoms with Gasteiger partial charge in [0.2, 0.25) is 0 Å². The van der Waals surface area contributed by atoms with Gasteiger partial charge in [-0.25, -0.2) is 0 Å². The molecular weight excluding hydrogens is 479 g/mol. The molecule has 0 amide bonds. The van der Waals surface area contributed by atoms with E-state index < -0.39 is 0 Å². The van der Waals surface area contributed by atoms with Crippen molar-refractivity contribution >= 4 is 29.9 Å². The van der Waals surface area contributed by atoms with E-state index in [4.69, 9.17) is 9.47 Å². The fourth-order valence-corrected chi connectivity index (χ4v) is 4.22. The highest BCUT2D eigenvalue weighted by Crippen LogP contribution is 2.43. The van der Waals surface area contributed by atoms with Crippen molar-refractivity contribution < 1.29 is 9.47 Å². The van der Waals surface area contributed by atoms with Crippen molar-refractivity contribution in [1.29, 1.82) is 0 Å². The van der Waals surface area contributed by atoms with Gasteiger partial charge in [-0.05, 0) is 30.2 Å². The molecule has 1 aliphatic carbocycles. The summed E-state index contributed by atoms with van der Waals surface area (Å²) in [4.78, 5) is 6.97. The van der Waals surface area contributed by atoms with Gasteiger partial charge in [0.05, 0.1) is 19.3 Å². The van der Waals surface area contributed by atoms with E-state index in [0.717, 1.165) is 58.4 Å². The summed E-state index contributed by atoms with van der Waals surface area (Å²) in [7, 11) is 3.64. The predicted octanol–water partition coefficient (Wildman–Crippen LogP) is 3.05. The van der Waals surface area contributed by atoms with E-state index in [2.05, 4.69) is 50.9 Å². The summed E-state index contributed by atoms with van der Waals surface area (Å²) >= 11 is 0. The summed E-state index contributed by atoms with van der Waals surface area (Å²) in [6.07, 6.45) is 5.00. The van der Waals surface area contributed by atoms with Crippen molar-refractivity contribution in [1.82, 2.24) is 15.5 Å². The number of aliphatic imine (C=N–C) groups is 1. The van der Waals surface area contributed by atoms with Crippen LogP contribution in [0.1, 0.15) is 37.3 Å². The fourth-order valence-electron chi connectivity index (χ4n) is 4.22. The Balaban J connectivity index is 0.00000300. The summed E-state index contributed by atoms with van der Waals surface area (Å²) in [5.41, 5.74) is 1.71. The summed E-state index contributed by atoms with van der Waals surface area (Å²) < 4.78 is 10.9. The molecule has 29 heavy (non-hydrogen) atoms. The number of hydrogen-bond donors (Lipinski definition) is 2. The normalized spacial score (nSPS) is 20.3. The number of guanidine groups is 1. The van der Waals surface area contributed by atoms with Crippen LogP contribution in [-0.2, 0) is 9.47 Å². The largest absolute Gasteiger partial charge is 0.385 e. The third kappa shape index (κ3) is 7.08. The van der Waals surface area contributed by atoms with Crippen LogP contribution in [0.25, 0.3) is 0 Å². The van der Waals surface area contributed by atoms with Gasteiger partial charge < -0.3 is 20.1 Å². The minimum Gasteiger partial charge on any atom is -0.385 e. The van der Waals surface area contributed by atoms with Gasteiger partial charge in [-0.2, -0.15) is 0 Å². The molecule has 1 atom stereocenters. The molecule has 1 saturated carbocycles. The Morgan fingerprint density at radius 2 is 1.93 bits per heavy atom. The van der Waals surface area contributed by atoms with E-state index in [1.807, 2.05) is 7.05 Å². The number of rotatable bonds is 9. The van der Waals surface area contributed by atoms with E-state index >= 15 is 0 Å². The minimum absolute atomic E-state index is 0. The minimum atomic E-state index is 0. The molecule has 1 aromatic rings. The van der Waals surface area contributed by atoms with Crippen LogP contribution < -0.4 is 10.6 Å². The molecule has 0 radical (unpaired) electrons. The van der Waals surface area contributed by atoms with Crippen molar-refractivity contribution in [3.05, 3.63) is 35.9 Å². The summed E-state index contributed by atoms with van der Waals surface area (Å²) in [6, 6.07) is 11.1. The van der Waals surface area contributed by atoms with Crippen LogP contribution in [0.15, 0.2) is 35.3 Å². The Kier molecular flexibility index (Phi) is 10.7. The number of methoxy groups -OCH3 is 1. The van der Waals surface area contributed by atoms with E-state index in [-0.39, 0.29) is 24.0 Å². The van der Waals surface area contributed by atoms with Crippen molar-refractivity contribution in [3.8, 4) is 0 Å². The lowest BCUT2D eigenvalue weighted by molar-refractivity contribution is 0.0169. The number of ether oxygens (including phenoxy) is 2. The van der Waals surface area contributed by atoms with Gasteiger partial charge in [0, 0.05) is 46.9 Å². The molecule has 7 heteroatoms.